The summed E-state index contributed by atoms with van der Waals surface area (Å²) in [5.74, 6) is -0.360. The zero-order valence-electron chi connectivity index (χ0n) is 20.6. The number of carboxylic acids is 1. The van der Waals surface area contributed by atoms with Gasteiger partial charge in [-0.3, -0.25) is 9.69 Å². The van der Waals surface area contributed by atoms with Crippen molar-refractivity contribution in [3.05, 3.63) is 29.8 Å². The van der Waals surface area contributed by atoms with E-state index in [9.17, 15) is 23.1 Å². The summed E-state index contributed by atoms with van der Waals surface area (Å²) in [5, 5.41) is 9.33. The van der Waals surface area contributed by atoms with Gasteiger partial charge in [0.2, 0.25) is 0 Å². The summed E-state index contributed by atoms with van der Waals surface area (Å²) in [6.45, 7) is 12.4. The van der Waals surface area contributed by atoms with Crippen LogP contribution in [0.15, 0.2) is 24.3 Å². The van der Waals surface area contributed by atoms with Crippen molar-refractivity contribution in [3.8, 4) is 5.75 Å². The number of benzene rings is 1. The second kappa shape index (κ2) is 11.7. The Morgan fingerprint density at radius 1 is 1.15 bits per heavy atom. The first-order valence-corrected chi connectivity index (χ1v) is 15.8. The molecule has 1 aliphatic rings. The maximum atomic E-state index is 12.6. The average Bonchev–Trinajstić information content (AvgIpc) is 2.66. The standard InChI is InChI=1S/C25H40F3NO3Si/c1-18(2)6-9-21(13-15-33(3,4)5)29-14-12-19(17-24(30)31)16-23(29)20-7-10-22(11-8-20)32-25(26,27)28/h7-8,10-11,18-19,21,23H,6,9,12-17H2,1-5H3,(H,30,31). The van der Waals surface area contributed by atoms with Gasteiger partial charge < -0.3 is 9.84 Å². The van der Waals surface area contributed by atoms with E-state index in [4.69, 9.17) is 0 Å². The molecule has 3 unspecified atom stereocenters. The van der Waals surface area contributed by atoms with Gasteiger partial charge in [0.05, 0.1) is 0 Å². The molecule has 1 saturated heterocycles. The number of likely N-dealkylation sites (tertiary alicyclic amines) is 1. The molecule has 0 saturated carbocycles. The second-order valence-corrected chi connectivity index (χ2v) is 16.7. The summed E-state index contributed by atoms with van der Waals surface area (Å²) in [7, 11) is -1.23. The van der Waals surface area contributed by atoms with Crippen LogP contribution in [0.2, 0.25) is 25.7 Å². The Morgan fingerprint density at radius 3 is 2.30 bits per heavy atom. The van der Waals surface area contributed by atoms with Crippen molar-refractivity contribution in [2.75, 3.05) is 6.54 Å². The molecule has 1 N–H and O–H groups in total. The number of aliphatic carboxylic acids is 1. The topological polar surface area (TPSA) is 49.8 Å². The molecule has 1 aromatic carbocycles. The molecular weight excluding hydrogens is 447 g/mol. The summed E-state index contributed by atoms with van der Waals surface area (Å²) in [6, 6.07) is 7.76. The Labute approximate surface area is 197 Å². The summed E-state index contributed by atoms with van der Waals surface area (Å²) in [5.41, 5.74) is 0.933. The van der Waals surface area contributed by atoms with Crippen molar-refractivity contribution in [2.24, 2.45) is 11.8 Å². The molecule has 8 heteroatoms. The van der Waals surface area contributed by atoms with Crippen LogP contribution in [-0.2, 0) is 4.79 Å². The van der Waals surface area contributed by atoms with Gasteiger partial charge in [0.1, 0.15) is 5.75 Å². The van der Waals surface area contributed by atoms with Crippen molar-refractivity contribution >= 4 is 14.0 Å². The Hall–Kier alpha value is -1.54. The normalized spacial score (nSPS) is 21.2. The summed E-state index contributed by atoms with van der Waals surface area (Å²) in [4.78, 5) is 13.9. The zero-order chi connectivity index (χ0) is 24.8. The van der Waals surface area contributed by atoms with E-state index < -0.39 is 20.4 Å². The van der Waals surface area contributed by atoms with Crippen LogP contribution >= 0.6 is 0 Å². The van der Waals surface area contributed by atoms with E-state index in [-0.39, 0.29) is 24.1 Å². The highest BCUT2D eigenvalue weighted by Gasteiger charge is 2.36. The second-order valence-electron chi connectivity index (χ2n) is 11.1. The number of hydrogen-bond donors (Lipinski definition) is 1. The van der Waals surface area contributed by atoms with Gasteiger partial charge in [0.25, 0.3) is 0 Å². The minimum absolute atomic E-state index is 0.00170. The molecule has 0 aliphatic carbocycles. The van der Waals surface area contributed by atoms with Crippen LogP contribution in [0, 0.1) is 11.8 Å². The molecule has 0 amide bonds. The van der Waals surface area contributed by atoms with E-state index in [1.807, 2.05) is 0 Å². The van der Waals surface area contributed by atoms with Gasteiger partial charge in [-0.05, 0) is 68.2 Å². The van der Waals surface area contributed by atoms with Gasteiger partial charge in [0, 0.05) is 26.6 Å². The molecule has 4 nitrogen and oxygen atoms in total. The molecule has 0 spiro atoms. The SMILES string of the molecule is CC(C)CCC(CC[Si](C)(C)C)N1CCC(CC(=O)O)CC1c1ccc(OC(F)(F)F)cc1. The first-order chi connectivity index (χ1) is 15.2. The van der Waals surface area contributed by atoms with Gasteiger partial charge in [-0.2, -0.15) is 0 Å². The predicted octanol–water partition coefficient (Wildman–Crippen LogP) is 7.35. The van der Waals surface area contributed by atoms with Crippen LogP contribution in [0.1, 0.15) is 64.0 Å². The van der Waals surface area contributed by atoms with Crippen molar-refractivity contribution in [1.29, 1.82) is 0 Å². The predicted molar refractivity (Wildman–Crippen MR) is 128 cm³/mol. The van der Waals surface area contributed by atoms with Crippen molar-refractivity contribution in [3.63, 3.8) is 0 Å². The molecule has 2 rings (SSSR count). The molecule has 0 radical (unpaired) electrons. The summed E-state index contributed by atoms with van der Waals surface area (Å²) in [6.07, 6.45) is 0.265. The fraction of sp³-hybridized carbons (Fsp3) is 0.720. The van der Waals surface area contributed by atoms with E-state index >= 15 is 0 Å². The van der Waals surface area contributed by atoms with Crippen LogP contribution in [-0.4, -0.2) is 43.0 Å². The minimum atomic E-state index is -4.72. The first-order valence-electron chi connectivity index (χ1n) is 12.1. The zero-order valence-corrected chi connectivity index (χ0v) is 21.6. The molecule has 188 valence electrons. The Bertz CT molecular complexity index is 747. The van der Waals surface area contributed by atoms with Crippen molar-refractivity contribution < 1.29 is 27.8 Å². The molecular formula is C25H40F3NO3Si. The lowest BCUT2D eigenvalue weighted by molar-refractivity contribution is -0.274. The monoisotopic (exact) mass is 487 g/mol. The average molecular weight is 488 g/mol. The molecule has 0 bridgehead atoms. The van der Waals surface area contributed by atoms with Crippen molar-refractivity contribution in [2.45, 2.75) is 96.5 Å². The third kappa shape index (κ3) is 10.1. The number of carboxylic acid groups (broad SMARTS) is 1. The number of carbonyl (C=O) groups is 1. The number of hydrogen-bond acceptors (Lipinski definition) is 3. The highest BCUT2D eigenvalue weighted by molar-refractivity contribution is 6.76. The molecule has 1 aromatic rings. The molecule has 0 aromatic heterocycles. The first kappa shape index (κ1) is 27.7. The molecule has 1 fully saturated rings. The van der Waals surface area contributed by atoms with Crippen LogP contribution in [0.25, 0.3) is 0 Å². The molecule has 1 aliphatic heterocycles. The van der Waals surface area contributed by atoms with E-state index in [2.05, 4.69) is 43.1 Å². The summed E-state index contributed by atoms with van der Waals surface area (Å²) < 4.78 is 41.8. The van der Waals surface area contributed by atoms with Crippen molar-refractivity contribution in [1.82, 2.24) is 4.90 Å². The van der Waals surface area contributed by atoms with Gasteiger partial charge in [-0.1, -0.05) is 51.7 Å². The highest BCUT2D eigenvalue weighted by atomic mass is 28.3. The maximum absolute atomic E-state index is 12.6. The lowest BCUT2D eigenvalue weighted by Crippen LogP contribution is -2.44. The van der Waals surface area contributed by atoms with Crippen LogP contribution in [0.4, 0.5) is 13.2 Å². The third-order valence-electron chi connectivity index (χ3n) is 6.49. The fourth-order valence-electron chi connectivity index (χ4n) is 4.75. The Kier molecular flexibility index (Phi) is 9.85. The Balaban J connectivity index is 2.29. The number of alkyl halides is 3. The Morgan fingerprint density at radius 2 is 1.79 bits per heavy atom. The number of nitrogens with zero attached hydrogens (tertiary/aromatic N) is 1. The van der Waals surface area contributed by atoms with Gasteiger partial charge >= 0.3 is 12.3 Å². The minimum Gasteiger partial charge on any atom is -0.481 e. The molecule has 33 heavy (non-hydrogen) atoms. The number of rotatable bonds is 11. The highest BCUT2D eigenvalue weighted by Crippen LogP contribution is 2.40. The van der Waals surface area contributed by atoms with Crippen LogP contribution in [0.5, 0.6) is 5.75 Å². The lowest BCUT2D eigenvalue weighted by Gasteiger charge is -2.45. The van der Waals surface area contributed by atoms with E-state index in [0.717, 1.165) is 37.8 Å². The van der Waals surface area contributed by atoms with Gasteiger partial charge in [-0.15, -0.1) is 13.2 Å². The molecule has 3 atom stereocenters. The number of halogens is 3. The quantitative estimate of drug-likeness (QED) is 0.332. The van der Waals surface area contributed by atoms with E-state index in [1.165, 1.54) is 18.2 Å². The van der Waals surface area contributed by atoms with Crippen LogP contribution in [0.3, 0.4) is 0 Å². The largest absolute Gasteiger partial charge is 0.573 e. The maximum Gasteiger partial charge on any atom is 0.573 e. The fourth-order valence-corrected chi connectivity index (χ4v) is 5.95. The van der Waals surface area contributed by atoms with E-state index in [1.54, 1.807) is 12.1 Å². The van der Waals surface area contributed by atoms with Gasteiger partial charge in [-0.25, -0.2) is 0 Å². The number of piperidine rings is 1. The smallest absolute Gasteiger partial charge is 0.481 e. The lowest BCUT2D eigenvalue weighted by atomic mass is 9.83. The third-order valence-corrected chi connectivity index (χ3v) is 8.28. The molecule has 1 heterocycles. The number of ether oxygens (including phenoxy) is 1. The van der Waals surface area contributed by atoms with Crippen LogP contribution < -0.4 is 4.74 Å². The van der Waals surface area contributed by atoms with E-state index in [0.29, 0.717) is 18.4 Å². The van der Waals surface area contributed by atoms with Gasteiger partial charge in [0.15, 0.2) is 0 Å². The summed E-state index contributed by atoms with van der Waals surface area (Å²) >= 11 is 0.